The number of hydrogen-bond donors (Lipinski definition) is 1. The molecule has 1 aliphatic carbocycles. The summed E-state index contributed by atoms with van der Waals surface area (Å²) >= 11 is 0. The van der Waals surface area contributed by atoms with Gasteiger partial charge in [0.15, 0.2) is 0 Å². The largest absolute Gasteiger partial charge is 0.324 e. The number of hydrogen-bond acceptors (Lipinski definition) is 3. The van der Waals surface area contributed by atoms with Gasteiger partial charge in [0.1, 0.15) is 0 Å². The van der Waals surface area contributed by atoms with Crippen LogP contribution in [0, 0.1) is 0 Å². The maximum atomic E-state index is 6.61. The van der Waals surface area contributed by atoms with Crippen molar-refractivity contribution in [3.63, 3.8) is 0 Å². The fourth-order valence-electron chi connectivity index (χ4n) is 4.40. The molecular formula is C16H31N3. The molecule has 2 aliphatic heterocycles. The van der Waals surface area contributed by atoms with Gasteiger partial charge in [-0.3, -0.25) is 9.80 Å². The van der Waals surface area contributed by atoms with Crippen molar-refractivity contribution in [2.45, 2.75) is 69.4 Å². The van der Waals surface area contributed by atoms with Crippen molar-refractivity contribution in [2.75, 3.05) is 32.7 Å². The first-order valence-electron chi connectivity index (χ1n) is 8.51. The second-order valence-corrected chi connectivity index (χ2v) is 7.20. The predicted octanol–water partition coefficient (Wildman–Crippen LogP) is 2.21. The standard InChI is InChI=1S/C16H31N3/c17-16(8-3-1-4-9-16)14-18-12-7-15(13-18)19-10-5-2-6-11-19/h15H,1-14,17H2. The number of nitrogens with zero attached hydrogens (tertiary/aromatic N) is 2. The molecule has 2 heterocycles. The van der Waals surface area contributed by atoms with Crippen LogP contribution >= 0.6 is 0 Å². The molecule has 0 aromatic rings. The molecule has 0 aromatic carbocycles. The van der Waals surface area contributed by atoms with Crippen LogP contribution in [0.1, 0.15) is 57.8 Å². The van der Waals surface area contributed by atoms with Crippen LogP contribution in [0.5, 0.6) is 0 Å². The number of likely N-dealkylation sites (tertiary alicyclic amines) is 2. The first-order chi connectivity index (χ1) is 9.25. The number of nitrogens with two attached hydrogens (primary N) is 1. The predicted molar refractivity (Wildman–Crippen MR) is 80.3 cm³/mol. The van der Waals surface area contributed by atoms with Gasteiger partial charge in [0, 0.05) is 24.7 Å². The minimum atomic E-state index is 0.134. The van der Waals surface area contributed by atoms with Crippen molar-refractivity contribution in [2.24, 2.45) is 5.73 Å². The van der Waals surface area contributed by atoms with Crippen molar-refractivity contribution in [1.82, 2.24) is 9.80 Å². The van der Waals surface area contributed by atoms with Gasteiger partial charge in [-0.05, 0) is 51.7 Å². The topological polar surface area (TPSA) is 32.5 Å². The average Bonchev–Trinajstić information content (AvgIpc) is 2.88. The van der Waals surface area contributed by atoms with E-state index >= 15 is 0 Å². The van der Waals surface area contributed by atoms with E-state index in [4.69, 9.17) is 5.73 Å². The molecule has 110 valence electrons. The zero-order chi connectivity index (χ0) is 13.1. The first-order valence-corrected chi connectivity index (χ1v) is 8.51. The molecule has 0 aromatic heterocycles. The van der Waals surface area contributed by atoms with E-state index in [9.17, 15) is 0 Å². The maximum Gasteiger partial charge on any atom is 0.0283 e. The van der Waals surface area contributed by atoms with Gasteiger partial charge in [0.25, 0.3) is 0 Å². The highest BCUT2D eigenvalue weighted by Crippen LogP contribution is 2.28. The van der Waals surface area contributed by atoms with E-state index in [1.165, 1.54) is 84.0 Å². The normalized spacial score (nSPS) is 33.6. The van der Waals surface area contributed by atoms with Crippen molar-refractivity contribution in [3.8, 4) is 0 Å². The van der Waals surface area contributed by atoms with Gasteiger partial charge in [-0.15, -0.1) is 0 Å². The van der Waals surface area contributed by atoms with Gasteiger partial charge < -0.3 is 5.73 Å². The van der Waals surface area contributed by atoms with Gasteiger partial charge in [0.2, 0.25) is 0 Å². The quantitative estimate of drug-likeness (QED) is 0.849. The van der Waals surface area contributed by atoms with Crippen LogP contribution < -0.4 is 5.73 Å². The summed E-state index contributed by atoms with van der Waals surface area (Å²) in [6.45, 7) is 6.38. The lowest BCUT2D eigenvalue weighted by molar-refractivity contribution is 0.148. The van der Waals surface area contributed by atoms with E-state index in [0.717, 1.165) is 12.6 Å². The zero-order valence-corrected chi connectivity index (χ0v) is 12.4. The Hall–Kier alpha value is -0.120. The summed E-state index contributed by atoms with van der Waals surface area (Å²) in [5.74, 6) is 0. The highest BCUT2D eigenvalue weighted by atomic mass is 15.3. The lowest BCUT2D eigenvalue weighted by atomic mass is 9.82. The molecule has 0 spiro atoms. The SMILES string of the molecule is NC1(CN2CCC(N3CCCCC3)C2)CCCCC1. The monoisotopic (exact) mass is 265 g/mol. The molecule has 1 unspecified atom stereocenters. The van der Waals surface area contributed by atoms with E-state index in [1.54, 1.807) is 0 Å². The second kappa shape index (κ2) is 6.11. The van der Waals surface area contributed by atoms with Crippen molar-refractivity contribution >= 4 is 0 Å². The Morgan fingerprint density at radius 2 is 1.58 bits per heavy atom. The number of rotatable bonds is 3. The fourth-order valence-corrected chi connectivity index (χ4v) is 4.40. The first kappa shape index (κ1) is 13.8. The Bertz CT molecular complexity index is 280. The smallest absolute Gasteiger partial charge is 0.0283 e. The molecular weight excluding hydrogens is 234 g/mol. The molecule has 0 radical (unpaired) electrons. The molecule has 3 heteroatoms. The summed E-state index contributed by atoms with van der Waals surface area (Å²) in [4.78, 5) is 5.40. The summed E-state index contributed by atoms with van der Waals surface area (Å²) in [6, 6.07) is 0.826. The van der Waals surface area contributed by atoms with Gasteiger partial charge >= 0.3 is 0 Å². The van der Waals surface area contributed by atoms with Crippen molar-refractivity contribution < 1.29 is 0 Å². The average molecular weight is 265 g/mol. The van der Waals surface area contributed by atoms with E-state index in [1.807, 2.05) is 0 Å². The van der Waals surface area contributed by atoms with Gasteiger partial charge in [-0.2, -0.15) is 0 Å². The highest BCUT2D eigenvalue weighted by Gasteiger charge is 2.34. The van der Waals surface area contributed by atoms with Crippen LogP contribution in [-0.4, -0.2) is 54.1 Å². The molecule has 2 N–H and O–H groups in total. The summed E-state index contributed by atoms with van der Waals surface area (Å²) in [6.07, 6.45) is 12.2. The Morgan fingerprint density at radius 1 is 0.895 bits per heavy atom. The molecule has 1 atom stereocenters. The fraction of sp³-hybridized carbons (Fsp3) is 1.00. The second-order valence-electron chi connectivity index (χ2n) is 7.20. The molecule has 3 aliphatic rings. The Labute approximate surface area is 118 Å². The molecule has 0 amide bonds. The van der Waals surface area contributed by atoms with Crippen LogP contribution in [0.3, 0.4) is 0 Å². The van der Waals surface area contributed by atoms with Gasteiger partial charge in [-0.1, -0.05) is 25.7 Å². The molecule has 3 fully saturated rings. The zero-order valence-electron chi connectivity index (χ0n) is 12.4. The summed E-state index contributed by atoms with van der Waals surface area (Å²) in [5.41, 5.74) is 6.74. The molecule has 19 heavy (non-hydrogen) atoms. The van der Waals surface area contributed by atoms with E-state index in [0.29, 0.717) is 0 Å². The summed E-state index contributed by atoms with van der Waals surface area (Å²) in [7, 11) is 0. The Kier molecular flexibility index (Phi) is 4.45. The Balaban J connectivity index is 1.48. The Morgan fingerprint density at radius 3 is 2.32 bits per heavy atom. The summed E-state index contributed by atoms with van der Waals surface area (Å²) < 4.78 is 0. The van der Waals surface area contributed by atoms with Crippen LogP contribution in [0.25, 0.3) is 0 Å². The van der Waals surface area contributed by atoms with Gasteiger partial charge in [-0.25, -0.2) is 0 Å². The minimum Gasteiger partial charge on any atom is -0.324 e. The van der Waals surface area contributed by atoms with Crippen LogP contribution in [-0.2, 0) is 0 Å². The molecule has 3 rings (SSSR count). The minimum absolute atomic E-state index is 0.134. The molecule has 3 nitrogen and oxygen atoms in total. The third-order valence-electron chi connectivity index (χ3n) is 5.54. The van der Waals surface area contributed by atoms with E-state index in [2.05, 4.69) is 9.80 Å². The molecule has 0 bridgehead atoms. The molecule has 2 saturated heterocycles. The number of piperidine rings is 1. The molecule has 1 saturated carbocycles. The maximum absolute atomic E-state index is 6.61. The van der Waals surface area contributed by atoms with E-state index in [-0.39, 0.29) is 5.54 Å². The third-order valence-corrected chi connectivity index (χ3v) is 5.54. The van der Waals surface area contributed by atoms with E-state index < -0.39 is 0 Å². The van der Waals surface area contributed by atoms with Crippen LogP contribution in [0.4, 0.5) is 0 Å². The third kappa shape index (κ3) is 3.50. The van der Waals surface area contributed by atoms with Gasteiger partial charge in [0.05, 0.1) is 0 Å². The van der Waals surface area contributed by atoms with Crippen molar-refractivity contribution in [1.29, 1.82) is 0 Å². The lowest BCUT2D eigenvalue weighted by Crippen LogP contribution is -2.51. The lowest BCUT2D eigenvalue weighted by Gasteiger charge is -2.37. The van der Waals surface area contributed by atoms with Crippen LogP contribution in [0.15, 0.2) is 0 Å². The van der Waals surface area contributed by atoms with Crippen LogP contribution in [0.2, 0.25) is 0 Å². The highest BCUT2D eigenvalue weighted by molar-refractivity contribution is 4.94. The van der Waals surface area contributed by atoms with Crippen molar-refractivity contribution in [3.05, 3.63) is 0 Å². The summed E-state index contributed by atoms with van der Waals surface area (Å²) in [5, 5.41) is 0.